The van der Waals surface area contributed by atoms with Crippen molar-refractivity contribution >= 4 is 35.8 Å². The molecule has 4 rings (SSSR count). The Balaban J connectivity index is 1.39. The molecule has 0 heterocycles. The molecule has 4 aromatic rings. The van der Waals surface area contributed by atoms with Gasteiger partial charge in [0.2, 0.25) is 0 Å². The summed E-state index contributed by atoms with van der Waals surface area (Å²) in [5.41, 5.74) is -0.812. The first-order chi connectivity index (χ1) is 28.2. The van der Waals surface area contributed by atoms with Crippen LogP contribution in [0.3, 0.4) is 0 Å². The van der Waals surface area contributed by atoms with Gasteiger partial charge in [0, 0.05) is 11.1 Å². The van der Waals surface area contributed by atoms with Crippen LogP contribution in [0.25, 0.3) is 0 Å². The summed E-state index contributed by atoms with van der Waals surface area (Å²) in [6.45, 7) is 4.61. The first-order valence-corrected chi connectivity index (χ1v) is 19.8. The van der Waals surface area contributed by atoms with Gasteiger partial charge in [-0.3, -0.25) is 9.59 Å². The van der Waals surface area contributed by atoms with Crippen LogP contribution < -0.4 is 9.47 Å². The summed E-state index contributed by atoms with van der Waals surface area (Å²) in [5.74, 6) is -3.88. The Hall–Kier alpha value is -6.30. The van der Waals surface area contributed by atoms with Gasteiger partial charge in [-0.1, -0.05) is 139 Å². The number of ketones is 2. The molecule has 0 saturated carbocycles. The molecule has 0 aliphatic rings. The maximum absolute atomic E-state index is 13.8. The molecule has 0 atom stereocenters. The molecule has 0 spiro atoms. The number of para-hydroxylation sites is 2. The maximum atomic E-state index is 13.8. The summed E-state index contributed by atoms with van der Waals surface area (Å²) in [7, 11) is 0. The van der Waals surface area contributed by atoms with E-state index in [4.69, 9.17) is 28.7 Å². The number of hydrogen-bond acceptors (Lipinski definition) is 12. The van der Waals surface area contributed by atoms with E-state index in [1.807, 2.05) is 0 Å². The van der Waals surface area contributed by atoms with Crippen molar-refractivity contribution in [2.45, 2.75) is 90.9 Å². The lowest BCUT2D eigenvalue weighted by Gasteiger charge is -2.12. The van der Waals surface area contributed by atoms with Crippen LogP contribution >= 0.6 is 0 Å². The lowest BCUT2D eigenvalue weighted by molar-refractivity contribution is -0.187. The van der Waals surface area contributed by atoms with Gasteiger partial charge in [0.1, 0.15) is 11.5 Å². The van der Waals surface area contributed by atoms with E-state index >= 15 is 0 Å². The minimum atomic E-state index is -1.18. The zero-order chi connectivity index (χ0) is 41.5. The van der Waals surface area contributed by atoms with Crippen LogP contribution in [0.2, 0.25) is 0 Å². The van der Waals surface area contributed by atoms with Gasteiger partial charge >= 0.3 is 24.2 Å². The molecule has 12 heteroatoms. The highest BCUT2D eigenvalue weighted by Crippen LogP contribution is 2.26. The van der Waals surface area contributed by atoms with E-state index in [0.29, 0.717) is 12.8 Å². The molecule has 0 fully saturated rings. The molecule has 0 aromatic heterocycles. The number of benzene rings is 4. The van der Waals surface area contributed by atoms with Gasteiger partial charge in [-0.25, -0.2) is 29.0 Å². The van der Waals surface area contributed by atoms with Crippen molar-refractivity contribution in [2.24, 2.45) is 0 Å². The molecule has 306 valence electrons. The molecular weight excluding hydrogens is 744 g/mol. The van der Waals surface area contributed by atoms with Crippen LogP contribution in [0, 0.1) is 0 Å². The molecule has 0 aliphatic carbocycles. The van der Waals surface area contributed by atoms with Crippen LogP contribution in [0.1, 0.15) is 143 Å². The number of rotatable bonds is 22. The minimum absolute atomic E-state index is 0.0287. The van der Waals surface area contributed by atoms with Crippen LogP contribution in [-0.4, -0.2) is 49.0 Å². The number of ether oxygens (including phenoxy) is 4. The highest BCUT2D eigenvalue weighted by Gasteiger charge is 2.27. The highest BCUT2D eigenvalue weighted by molar-refractivity contribution is 6.17. The second-order valence-corrected chi connectivity index (χ2v) is 13.4. The predicted octanol–water partition coefficient (Wildman–Crippen LogP) is 10.8. The Morgan fingerprint density at radius 2 is 0.690 bits per heavy atom. The van der Waals surface area contributed by atoms with Gasteiger partial charge < -0.3 is 18.9 Å². The molecular formula is C46H50O12. The zero-order valence-corrected chi connectivity index (χ0v) is 33.0. The Morgan fingerprint density at radius 1 is 0.379 bits per heavy atom. The summed E-state index contributed by atoms with van der Waals surface area (Å²) < 4.78 is 21.1. The van der Waals surface area contributed by atoms with Crippen molar-refractivity contribution in [3.8, 4) is 11.5 Å². The Labute approximate surface area is 338 Å². The lowest BCUT2D eigenvalue weighted by atomic mass is 9.97. The van der Waals surface area contributed by atoms with Crippen LogP contribution in [-0.2, 0) is 19.2 Å². The normalized spacial score (nSPS) is 10.6. The summed E-state index contributed by atoms with van der Waals surface area (Å²) in [5, 5.41) is 0. The third kappa shape index (κ3) is 13.7. The minimum Gasteiger partial charge on any atom is -0.434 e. The molecule has 0 aliphatic heterocycles. The van der Waals surface area contributed by atoms with E-state index in [1.165, 1.54) is 72.8 Å². The van der Waals surface area contributed by atoms with E-state index in [2.05, 4.69) is 13.8 Å². The van der Waals surface area contributed by atoms with Gasteiger partial charge in [-0.05, 0) is 49.2 Å². The van der Waals surface area contributed by atoms with E-state index < -0.39 is 35.8 Å². The highest BCUT2D eigenvalue weighted by atomic mass is 17.2. The van der Waals surface area contributed by atoms with E-state index in [-0.39, 0.29) is 58.1 Å². The van der Waals surface area contributed by atoms with Gasteiger partial charge in [0.25, 0.3) is 0 Å². The van der Waals surface area contributed by atoms with Gasteiger partial charge in [-0.2, -0.15) is 0 Å². The summed E-state index contributed by atoms with van der Waals surface area (Å²) in [6, 6.07) is 23.3. The van der Waals surface area contributed by atoms with Crippen LogP contribution in [0.4, 0.5) is 9.59 Å². The number of carbonyl (C=O) groups is 6. The summed E-state index contributed by atoms with van der Waals surface area (Å²) >= 11 is 0. The quantitative estimate of drug-likeness (QED) is 0.0185. The third-order valence-corrected chi connectivity index (χ3v) is 9.06. The fourth-order valence-corrected chi connectivity index (χ4v) is 5.97. The summed E-state index contributed by atoms with van der Waals surface area (Å²) in [4.78, 5) is 88.8. The topological polar surface area (TPSA) is 158 Å². The molecule has 0 bridgehead atoms. The third-order valence-electron chi connectivity index (χ3n) is 9.06. The maximum Gasteiger partial charge on any atom is 0.513 e. The molecule has 58 heavy (non-hydrogen) atoms. The average Bonchev–Trinajstić information content (AvgIpc) is 3.24. The van der Waals surface area contributed by atoms with Crippen LogP contribution in [0.5, 0.6) is 11.5 Å². The van der Waals surface area contributed by atoms with Gasteiger partial charge in [-0.15, -0.1) is 0 Å². The monoisotopic (exact) mass is 794 g/mol. The van der Waals surface area contributed by atoms with E-state index in [1.54, 1.807) is 24.3 Å². The first kappa shape index (κ1) is 44.4. The molecule has 4 aromatic carbocycles. The molecule has 0 amide bonds. The molecule has 0 radical (unpaired) electrons. The molecule has 0 N–H and O–H groups in total. The van der Waals surface area contributed by atoms with Crippen LogP contribution in [0.15, 0.2) is 97.1 Å². The zero-order valence-electron chi connectivity index (χ0n) is 33.0. The second-order valence-electron chi connectivity index (χ2n) is 13.4. The van der Waals surface area contributed by atoms with Crippen molar-refractivity contribution < 1.29 is 57.5 Å². The SMILES string of the molecule is CCCCCCCCOC(=O)Oc1ccccc1C(=O)c1ccccc1C(=O)OOC(=O)c1ccccc1C(=O)c1ccccc1OC(=O)OCCCCCCCC. The number of hydrogen-bond donors (Lipinski definition) is 0. The fraction of sp³-hybridized carbons (Fsp3) is 0.348. The van der Waals surface area contributed by atoms with Crippen molar-refractivity contribution in [2.75, 3.05) is 13.2 Å². The van der Waals surface area contributed by atoms with E-state index in [9.17, 15) is 28.8 Å². The Bertz CT molecular complexity index is 1860. The standard InChI is InChI=1S/C46H50O12/c1-3-5-7-9-11-21-31-53-45(51)55-39-29-19-17-27-37(39)41(47)33-23-13-15-25-35(33)43(49)57-58-44(50)36-26-16-14-24-34(36)42(48)38-28-18-20-30-40(38)56-46(52)54-32-22-12-10-8-6-4-2/h13-20,23-30H,3-12,21-22,31-32H2,1-2H3. The molecule has 0 saturated heterocycles. The van der Waals surface area contributed by atoms with Gasteiger partial charge in [0.15, 0.2) is 11.6 Å². The Morgan fingerprint density at radius 3 is 1.07 bits per heavy atom. The van der Waals surface area contributed by atoms with Crippen molar-refractivity contribution in [3.63, 3.8) is 0 Å². The number of unbranched alkanes of at least 4 members (excludes halogenated alkanes) is 10. The Kier molecular flexibility index (Phi) is 18.7. The smallest absolute Gasteiger partial charge is 0.434 e. The predicted molar refractivity (Wildman–Crippen MR) is 214 cm³/mol. The second kappa shape index (κ2) is 24.4. The molecule has 12 nitrogen and oxygen atoms in total. The lowest BCUT2D eigenvalue weighted by Crippen LogP contribution is -2.19. The van der Waals surface area contributed by atoms with Crippen molar-refractivity contribution in [3.05, 3.63) is 130 Å². The van der Waals surface area contributed by atoms with Crippen molar-refractivity contribution in [1.82, 2.24) is 0 Å². The first-order valence-electron chi connectivity index (χ1n) is 19.8. The largest absolute Gasteiger partial charge is 0.513 e. The molecule has 0 unspecified atom stereocenters. The van der Waals surface area contributed by atoms with E-state index in [0.717, 1.165) is 64.2 Å². The number of carbonyl (C=O) groups excluding carboxylic acids is 6. The fourth-order valence-electron chi connectivity index (χ4n) is 5.97. The van der Waals surface area contributed by atoms with Gasteiger partial charge in [0.05, 0.1) is 35.5 Å². The van der Waals surface area contributed by atoms with Crippen molar-refractivity contribution in [1.29, 1.82) is 0 Å². The summed E-state index contributed by atoms with van der Waals surface area (Å²) in [6.07, 6.45) is 10.2. The average molecular weight is 795 g/mol.